The summed E-state index contributed by atoms with van der Waals surface area (Å²) in [6, 6.07) is 10.7. The van der Waals surface area contributed by atoms with Crippen molar-refractivity contribution < 1.29 is 0 Å². The molecule has 1 N–H and O–H groups in total. The Morgan fingerprint density at radius 2 is 2.04 bits per heavy atom. The molecule has 0 aromatic heterocycles. The predicted octanol–water partition coefficient (Wildman–Crippen LogP) is 6.38. The van der Waals surface area contributed by atoms with Crippen molar-refractivity contribution >= 4 is 0 Å². The van der Waals surface area contributed by atoms with Gasteiger partial charge in [-0.25, -0.2) is 0 Å². The molecule has 2 atom stereocenters. The summed E-state index contributed by atoms with van der Waals surface area (Å²) in [5.41, 5.74) is 5.16. The highest BCUT2D eigenvalue weighted by Gasteiger charge is 2.16. The summed E-state index contributed by atoms with van der Waals surface area (Å²) in [5.74, 6) is 0.877. The van der Waals surface area contributed by atoms with E-state index in [2.05, 4.69) is 80.5 Å². The fraction of sp³-hybridized carbons (Fsp3) is 0.360. The van der Waals surface area contributed by atoms with Gasteiger partial charge < -0.3 is 5.32 Å². The van der Waals surface area contributed by atoms with Gasteiger partial charge in [0.25, 0.3) is 0 Å². The van der Waals surface area contributed by atoms with Gasteiger partial charge in [0.1, 0.15) is 0 Å². The fourth-order valence-electron chi connectivity index (χ4n) is 3.43. The van der Waals surface area contributed by atoms with Crippen molar-refractivity contribution in [3.05, 3.63) is 96.8 Å². The van der Waals surface area contributed by atoms with Gasteiger partial charge in [-0.1, -0.05) is 78.9 Å². The Balaban J connectivity index is 1.90. The van der Waals surface area contributed by atoms with E-state index < -0.39 is 0 Å². The second kappa shape index (κ2) is 10.7. The normalized spacial score (nSPS) is 17.3. The van der Waals surface area contributed by atoms with Gasteiger partial charge >= 0.3 is 0 Å². The fourth-order valence-corrected chi connectivity index (χ4v) is 3.43. The highest BCUT2D eigenvalue weighted by molar-refractivity contribution is 5.25. The lowest BCUT2D eigenvalue weighted by atomic mass is 9.88. The van der Waals surface area contributed by atoms with Gasteiger partial charge in [0, 0.05) is 24.1 Å². The van der Waals surface area contributed by atoms with Crippen LogP contribution in [0.2, 0.25) is 0 Å². The molecule has 0 saturated heterocycles. The first-order valence-electron chi connectivity index (χ1n) is 9.69. The van der Waals surface area contributed by atoms with Gasteiger partial charge in [-0.15, -0.1) is 6.58 Å². The molecule has 1 nitrogen and oxygen atoms in total. The van der Waals surface area contributed by atoms with Gasteiger partial charge in [-0.05, 0) is 44.6 Å². The lowest BCUT2D eigenvalue weighted by Crippen LogP contribution is -2.25. The van der Waals surface area contributed by atoms with Crippen LogP contribution in [0.3, 0.4) is 0 Å². The minimum absolute atomic E-state index is 0.439. The Bertz CT molecular complexity index is 663. The molecule has 1 aliphatic rings. The summed E-state index contributed by atoms with van der Waals surface area (Å²) in [4.78, 5) is 0. The molecule has 1 aromatic carbocycles. The minimum atomic E-state index is 0.439. The average molecular weight is 348 g/mol. The number of nitrogens with one attached hydrogen (secondary N) is 1. The number of hydrogen-bond donors (Lipinski definition) is 1. The van der Waals surface area contributed by atoms with E-state index >= 15 is 0 Å². The van der Waals surface area contributed by atoms with Crippen molar-refractivity contribution in [2.45, 2.75) is 39.0 Å². The number of benzene rings is 1. The standard InChI is InChI=1S/C25H33N/c1-5-6-8-15-25(18-23-13-9-7-10-14-23)22(4)26-19-21(3)24-16-11-12-20(2)17-24/h5,7,9-14,16,24-26H,1,3-4,6,8,15,17-19H2,2H3. The first-order chi connectivity index (χ1) is 12.6. The van der Waals surface area contributed by atoms with Crippen LogP contribution in [0.1, 0.15) is 38.2 Å². The van der Waals surface area contributed by atoms with E-state index in [1.807, 2.05) is 6.08 Å². The molecular formula is C25H33N. The van der Waals surface area contributed by atoms with Gasteiger partial charge in [-0.3, -0.25) is 0 Å². The molecule has 1 aromatic rings. The van der Waals surface area contributed by atoms with Crippen molar-refractivity contribution in [1.29, 1.82) is 0 Å². The zero-order chi connectivity index (χ0) is 18.8. The van der Waals surface area contributed by atoms with E-state index in [4.69, 9.17) is 0 Å². The lowest BCUT2D eigenvalue weighted by molar-refractivity contribution is 0.503. The van der Waals surface area contributed by atoms with Crippen LogP contribution < -0.4 is 5.32 Å². The third kappa shape index (κ3) is 6.55. The molecule has 0 radical (unpaired) electrons. The molecule has 1 aliphatic carbocycles. The van der Waals surface area contributed by atoms with Crippen LogP contribution >= 0.6 is 0 Å². The van der Waals surface area contributed by atoms with Crippen LogP contribution in [0.25, 0.3) is 0 Å². The highest BCUT2D eigenvalue weighted by Crippen LogP contribution is 2.25. The maximum atomic E-state index is 4.35. The Kier molecular flexibility index (Phi) is 8.21. The van der Waals surface area contributed by atoms with Gasteiger partial charge in [0.2, 0.25) is 0 Å². The molecule has 0 saturated carbocycles. The van der Waals surface area contributed by atoms with Crippen LogP contribution in [0, 0.1) is 11.8 Å². The van der Waals surface area contributed by atoms with Crippen LogP contribution in [-0.2, 0) is 6.42 Å². The van der Waals surface area contributed by atoms with E-state index in [9.17, 15) is 0 Å². The first kappa shape index (κ1) is 20.0. The summed E-state index contributed by atoms with van der Waals surface area (Å²) < 4.78 is 0. The molecule has 0 bridgehead atoms. The Morgan fingerprint density at radius 3 is 2.73 bits per heavy atom. The quantitative estimate of drug-likeness (QED) is 0.361. The molecule has 2 rings (SSSR count). The van der Waals surface area contributed by atoms with Crippen LogP contribution in [0.4, 0.5) is 0 Å². The Hall–Kier alpha value is -2.28. The van der Waals surface area contributed by atoms with Crippen LogP contribution in [0.5, 0.6) is 0 Å². The van der Waals surface area contributed by atoms with Crippen molar-refractivity contribution in [2.24, 2.45) is 11.8 Å². The predicted molar refractivity (Wildman–Crippen MR) is 115 cm³/mol. The van der Waals surface area contributed by atoms with E-state index in [1.165, 1.54) is 16.7 Å². The van der Waals surface area contributed by atoms with Gasteiger partial charge in [-0.2, -0.15) is 0 Å². The number of allylic oxidation sites excluding steroid dienone is 6. The zero-order valence-electron chi connectivity index (χ0n) is 16.2. The van der Waals surface area contributed by atoms with Crippen molar-refractivity contribution in [2.75, 3.05) is 6.54 Å². The topological polar surface area (TPSA) is 12.0 Å². The summed E-state index contributed by atoms with van der Waals surface area (Å²) in [6.07, 6.45) is 14.0. The molecule has 0 fully saturated rings. The number of unbranched alkanes of at least 4 members (excludes halogenated alkanes) is 1. The molecule has 0 amide bonds. The van der Waals surface area contributed by atoms with Crippen LogP contribution in [0.15, 0.2) is 91.2 Å². The van der Waals surface area contributed by atoms with Crippen molar-refractivity contribution in [1.82, 2.24) is 5.32 Å². The molecule has 26 heavy (non-hydrogen) atoms. The van der Waals surface area contributed by atoms with E-state index in [1.54, 1.807) is 0 Å². The third-order valence-corrected chi connectivity index (χ3v) is 5.11. The lowest BCUT2D eigenvalue weighted by Gasteiger charge is -2.24. The Labute approximate surface area is 159 Å². The number of hydrogen-bond acceptors (Lipinski definition) is 1. The maximum Gasteiger partial charge on any atom is 0.0360 e. The molecule has 1 heteroatoms. The number of rotatable bonds is 11. The summed E-state index contributed by atoms with van der Waals surface area (Å²) in [6.45, 7) is 15.5. The SMILES string of the molecule is C=CCCCC(Cc1ccccc1)C(=C)NCC(=C)C1C=CC=C(C)C1. The van der Waals surface area contributed by atoms with Crippen LogP contribution in [-0.4, -0.2) is 6.54 Å². The molecular weight excluding hydrogens is 314 g/mol. The minimum Gasteiger partial charge on any atom is -0.385 e. The molecule has 0 spiro atoms. The smallest absolute Gasteiger partial charge is 0.0360 e. The average Bonchev–Trinajstić information content (AvgIpc) is 2.66. The Morgan fingerprint density at radius 1 is 1.27 bits per heavy atom. The largest absolute Gasteiger partial charge is 0.385 e. The third-order valence-electron chi connectivity index (χ3n) is 5.11. The molecule has 0 aliphatic heterocycles. The van der Waals surface area contributed by atoms with Gasteiger partial charge in [0.05, 0.1) is 0 Å². The highest BCUT2D eigenvalue weighted by atomic mass is 14.9. The van der Waals surface area contributed by atoms with E-state index in [-0.39, 0.29) is 0 Å². The molecule has 138 valence electrons. The molecule has 0 heterocycles. The second-order valence-corrected chi connectivity index (χ2v) is 7.35. The first-order valence-corrected chi connectivity index (χ1v) is 9.69. The van der Waals surface area contributed by atoms with E-state index in [0.717, 1.165) is 44.3 Å². The van der Waals surface area contributed by atoms with E-state index in [0.29, 0.717) is 11.8 Å². The van der Waals surface area contributed by atoms with Gasteiger partial charge in [0.15, 0.2) is 0 Å². The van der Waals surface area contributed by atoms with Crippen molar-refractivity contribution in [3.8, 4) is 0 Å². The summed E-state index contributed by atoms with van der Waals surface area (Å²) >= 11 is 0. The van der Waals surface area contributed by atoms with Crippen molar-refractivity contribution in [3.63, 3.8) is 0 Å². The zero-order valence-corrected chi connectivity index (χ0v) is 16.2. The summed E-state index contributed by atoms with van der Waals surface area (Å²) in [7, 11) is 0. The maximum absolute atomic E-state index is 4.35. The second-order valence-electron chi connectivity index (χ2n) is 7.35. The molecule has 2 unspecified atom stereocenters. The monoisotopic (exact) mass is 347 g/mol. The summed E-state index contributed by atoms with van der Waals surface area (Å²) in [5, 5.41) is 3.57.